The summed E-state index contributed by atoms with van der Waals surface area (Å²) in [6.07, 6.45) is 1.73. The average molecular weight is 332 g/mol. The summed E-state index contributed by atoms with van der Waals surface area (Å²) in [5.41, 5.74) is 0.938. The molecule has 1 aromatic carbocycles. The molecule has 2 amide bonds. The molecule has 1 fully saturated rings. The maximum absolute atomic E-state index is 12.6. The first-order chi connectivity index (χ1) is 11.4. The third kappa shape index (κ3) is 4.34. The first kappa shape index (κ1) is 18.0. The van der Waals surface area contributed by atoms with Gasteiger partial charge in [0, 0.05) is 30.6 Å². The maximum Gasteiger partial charge on any atom is 0.337 e. The van der Waals surface area contributed by atoms with Crippen LogP contribution in [0.4, 0.5) is 0 Å². The predicted octanol–water partition coefficient (Wildman–Crippen LogP) is 1.85. The average Bonchev–Trinajstić information content (AvgIpc) is 2.60. The zero-order chi connectivity index (χ0) is 17.7. The van der Waals surface area contributed by atoms with Crippen molar-refractivity contribution in [2.75, 3.05) is 20.2 Å². The fourth-order valence-electron chi connectivity index (χ4n) is 2.70. The molecule has 0 spiro atoms. The first-order valence-corrected chi connectivity index (χ1v) is 8.20. The summed E-state index contributed by atoms with van der Waals surface area (Å²) in [5.74, 6) is -0.572. The van der Waals surface area contributed by atoms with E-state index >= 15 is 0 Å². The van der Waals surface area contributed by atoms with E-state index < -0.39 is 5.97 Å². The molecular formula is C18H24N2O4. The monoisotopic (exact) mass is 332 g/mol. The second kappa shape index (κ2) is 7.95. The van der Waals surface area contributed by atoms with Crippen LogP contribution in [0.3, 0.4) is 0 Å². The Labute approximate surface area is 142 Å². The van der Waals surface area contributed by atoms with Gasteiger partial charge in [-0.25, -0.2) is 4.79 Å². The van der Waals surface area contributed by atoms with Crippen LogP contribution in [0, 0.1) is 5.92 Å². The zero-order valence-electron chi connectivity index (χ0n) is 14.4. The molecule has 0 saturated carbocycles. The van der Waals surface area contributed by atoms with E-state index in [2.05, 4.69) is 10.1 Å². The van der Waals surface area contributed by atoms with Crippen molar-refractivity contribution in [2.24, 2.45) is 5.92 Å². The molecule has 6 heteroatoms. The van der Waals surface area contributed by atoms with Crippen molar-refractivity contribution in [3.05, 3.63) is 35.4 Å². The van der Waals surface area contributed by atoms with Gasteiger partial charge in [-0.15, -0.1) is 0 Å². The fraction of sp³-hybridized carbons (Fsp3) is 0.500. The number of benzene rings is 1. The standard InChI is InChI=1S/C18H24N2O4/c1-12(2)16(21)19-15-5-4-10-20(11-15)17(22)13-6-8-14(9-7-13)18(23)24-3/h6-9,12,15H,4-5,10-11H2,1-3H3,(H,19,21)/t15-/m0/s1. The van der Waals surface area contributed by atoms with Gasteiger partial charge in [0.15, 0.2) is 0 Å². The normalized spacial score (nSPS) is 17.5. The Morgan fingerprint density at radius 1 is 1.17 bits per heavy atom. The Kier molecular flexibility index (Phi) is 5.95. The molecule has 1 N–H and O–H groups in total. The predicted molar refractivity (Wildman–Crippen MR) is 89.7 cm³/mol. The van der Waals surface area contributed by atoms with Crippen LogP contribution in [0.15, 0.2) is 24.3 Å². The van der Waals surface area contributed by atoms with Crippen LogP contribution in [0.2, 0.25) is 0 Å². The molecule has 1 atom stereocenters. The minimum absolute atomic E-state index is 0.00746. The van der Waals surface area contributed by atoms with Gasteiger partial charge in [-0.3, -0.25) is 9.59 Å². The van der Waals surface area contributed by atoms with E-state index in [0.717, 1.165) is 12.8 Å². The van der Waals surface area contributed by atoms with E-state index in [1.807, 2.05) is 13.8 Å². The number of esters is 1. The number of nitrogens with zero attached hydrogens (tertiary/aromatic N) is 1. The van der Waals surface area contributed by atoms with Crippen LogP contribution in [-0.2, 0) is 9.53 Å². The lowest BCUT2D eigenvalue weighted by Crippen LogP contribution is -2.50. The molecule has 0 radical (unpaired) electrons. The van der Waals surface area contributed by atoms with Crippen molar-refractivity contribution in [3.8, 4) is 0 Å². The van der Waals surface area contributed by atoms with Crippen LogP contribution in [-0.4, -0.2) is 48.9 Å². The van der Waals surface area contributed by atoms with Crippen molar-refractivity contribution in [3.63, 3.8) is 0 Å². The van der Waals surface area contributed by atoms with Crippen molar-refractivity contribution >= 4 is 17.8 Å². The molecule has 1 aliphatic rings. The molecule has 130 valence electrons. The number of carbonyl (C=O) groups is 3. The van der Waals surface area contributed by atoms with Crippen LogP contribution in [0.25, 0.3) is 0 Å². The van der Waals surface area contributed by atoms with E-state index in [4.69, 9.17) is 0 Å². The van der Waals surface area contributed by atoms with E-state index in [0.29, 0.717) is 24.2 Å². The summed E-state index contributed by atoms with van der Waals surface area (Å²) in [7, 11) is 1.32. The van der Waals surface area contributed by atoms with E-state index in [9.17, 15) is 14.4 Å². The topological polar surface area (TPSA) is 75.7 Å². The highest BCUT2D eigenvalue weighted by atomic mass is 16.5. The number of likely N-dealkylation sites (tertiary alicyclic amines) is 1. The van der Waals surface area contributed by atoms with Gasteiger partial charge in [0.25, 0.3) is 5.91 Å². The number of methoxy groups -OCH3 is 1. The quantitative estimate of drug-likeness (QED) is 0.854. The number of hydrogen-bond acceptors (Lipinski definition) is 4. The summed E-state index contributed by atoms with van der Waals surface area (Å²) in [5, 5.41) is 2.99. The molecule has 24 heavy (non-hydrogen) atoms. The lowest BCUT2D eigenvalue weighted by atomic mass is 10.0. The Balaban J connectivity index is 2.01. The zero-order valence-corrected chi connectivity index (χ0v) is 14.4. The van der Waals surface area contributed by atoms with Crippen molar-refractivity contribution in [2.45, 2.75) is 32.7 Å². The summed E-state index contributed by atoms with van der Waals surface area (Å²) in [4.78, 5) is 37.6. The molecule has 2 rings (SSSR count). The van der Waals surface area contributed by atoms with Gasteiger partial charge in [0.05, 0.1) is 12.7 Å². The fourth-order valence-corrected chi connectivity index (χ4v) is 2.70. The third-order valence-electron chi connectivity index (χ3n) is 4.13. The van der Waals surface area contributed by atoms with Gasteiger partial charge in [0.1, 0.15) is 0 Å². The van der Waals surface area contributed by atoms with Crippen LogP contribution >= 0.6 is 0 Å². The maximum atomic E-state index is 12.6. The second-order valence-electron chi connectivity index (χ2n) is 6.32. The Morgan fingerprint density at radius 3 is 2.38 bits per heavy atom. The number of carbonyl (C=O) groups excluding carboxylic acids is 3. The van der Waals surface area contributed by atoms with Crippen LogP contribution in [0.5, 0.6) is 0 Å². The van der Waals surface area contributed by atoms with E-state index in [1.54, 1.807) is 29.2 Å². The Bertz CT molecular complexity index is 610. The SMILES string of the molecule is COC(=O)c1ccc(C(=O)N2CCC[C@H](NC(=O)C(C)C)C2)cc1. The molecule has 1 aromatic rings. The van der Waals surface area contributed by atoms with Gasteiger partial charge in [-0.2, -0.15) is 0 Å². The molecule has 1 heterocycles. The molecule has 0 aliphatic carbocycles. The number of nitrogens with one attached hydrogen (secondary N) is 1. The highest BCUT2D eigenvalue weighted by Gasteiger charge is 2.26. The highest BCUT2D eigenvalue weighted by molar-refractivity contribution is 5.96. The summed E-state index contributed by atoms with van der Waals surface area (Å²) in [6.45, 7) is 4.88. The summed E-state index contributed by atoms with van der Waals surface area (Å²) >= 11 is 0. The molecular weight excluding hydrogens is 308 g/mol. The number of rotatable bonds is 4. The molecule has 0 aromatic heterocycles. The van der Waals surface area contributed by atoms with Crippen LogP contribution < -0.4 is 5.32 Å². The van der Waals surface area contributed by atoms with Crippen LogP contribution in [0.1, 0.15) is 47.4 Å². The minimum atomic E-state index is -0.427. The number of ether oxygens (including phenoxy) is 1. The highest BCUT2D eigenvalue weighted by Crippen LogP contribution is 2.15. The molecule has 1 saturated heterocycles. The van der Waals surface area contributed by atoms with Crippen molar-refractivity contribution < 1.29 is 19.1 Å². The lowest BCUT2D eigenvalue weighted by molar-refractivity contribution is -0.125. The van der Waals surface area contributed by atoms with E-state index in [-0.39, 0.29) is 23.8 Å². The molecule has 0 unspecified atom stereocenters. The summed E-state index contributed by atoms with van der Waals surface area (Å²) in [6, 6.07) is 6.42. The largest absolute Gasteiger partial charge is 0.465 e. The summed E-state index contributed by atoms with van der Waals surface area (Å²) < 4.78 is 4.65. The molecule has 1 aliphatic heterocycles. The number of amides is 2. The van der Waals surface area contributed by atoms with Gasteiger partial charge in [-0.1, -0.05) is 13.8 Å². The van der Waals surface area contributed by atoms with Gasteiger partial charge >= 0.3 is 5.97 Å². The Morgan fingerprint density at radius 2 is 1.79 bits per heavy atom. The van der Waals surface area contributed by atoms with Gasteiger partial charge in [0.2, 0.25) is 5.91 Å². The number of hydrogen-bond donors (Lipinski definition) is 1. The third-order valence-corrected chi connectivity index (χ3v) is 4.13. The Hall–Kier alpha value is -2.37. The molecule has 6 nitrogen and oxygen atoms in total. The second-order valence-corrected chi connectivity index (χ2v) is 6.32. The van der Waals surface area contributed by atoms with E-state index in [1.165, 1.54) is 7.11 Å². The number of piperidine rings is 1. The first-order valence-electron chi connectivity index (χ1n) is 8.20. The van der Waals surface area contributed by atoms with Crippen molar-refractivity contribution in [1.82, 2.24) is 10.2 Å². The van der Waals surface area contributed by atoms with Gasteiger partial charge in [-0.05, 0) is 37.1 Å². The minimum Gasteiger partial charge on any atom is -0.465 e. The van der Waals surface area contributed by atoms with Crippen molar-refractivity contribution in [1.29, 1.82) is 0 Å². The van der Waals surface area contributed by atoms with Gasteiger partial charge < -0.3 is 15.0 Å². The lowest BCUT2D eigenvalue weighted by Gasteiger charge is -2.33. The smallest absolute Gasteiger partial charge is 0.337 e. The molecule has 0 bridgehead atoms.